The Morgan fingerprint density at radius 1 is 1.15 bits per heavy atom. The molecule has 1 amide bonds. The van der Waals surface area contributed by atoms with Gasteiger partial charge in [0, 0.05) is 16.6 Å². The summed E-state index contributed by atoms with van der Waals surface area (Å²) in [6.45, 7) is 1.90. The molecule has 6 nitrogen and oxygen atoms in total. The highest BCUT2D eigenvalue weighted by Gasteiger charge is 2.00. The average molecular weight is 407 g/mol. The van der Waals surface area contributed by atoms with Gasteiger partial charge in [0.2, 0.25) is 6.41 Å². The topological polar surface area (TPSA) is 80.1 Å². The van der Waals surface area contributed by atoms with E-state index in [2.05, 4.69) is 10.0 Å². The molecule has 0 saturated heterocycles. The van der Waals surface area contributed by atoms with Crippen molar-refractivity contribution >= 4 is 47.2 Å². The second-order valence-corrected chi connectivity index (χ2v) is 6.56. The van der Waals surface area contributed by atoms with E-state index < -0.39 is 0 Å². The molecule has 3 aromatic rings. The average Bonchev–Trinajstić information content (AvgIpc) is 3.08. The summed E-state index contributed by atoms with van der Waals surface area (Å²) in [5.41, 5.74) is 3.18. The number of anilines is 2. The Kier molecular flexibility index (Phi) is 8.73. The monoisotopic (exact) mass is 406 g/mol. The van der Waals surface area contributed by atoms with Gasteiger partial charge >= 0.3 is 5.88 Å². The van der Waals surface area contributed by atoms with Crippen molar-refractivity contribution in [3.8, 4) is 0 Å². The lowest BCUT2D eigenvalue weighted by Gasteiger charge is -2.08. The van der Waals surface area contributed by atoms with Crippen molar-refractivity contribution in [3.05, 3.63) is 71.4 Å². The molecule has 0 aliphatic carbocycles. The summed E-state index contributed by atoms with van der Waals surface area (Å²) < 4.78 is 8.31. The van der Waals surface area contributed by atoms with Crippen molar-refractivity contribution in [2.75, 3.05) is 17.1 Å². The largest absolute Gasteiger partial charge is 0.416 e. The van der Waals surface area contributed by atoms with Crippen LogP contribution in [0.3, 0.4) is 0 Å². The van der Waals surface area contributed by atoms with Gasteiger partial charge in [0.1, 0.15) is 5.76 Å². The molecule has 27 heavy (non-hydrogen) atoms. The zero-order chi connectivity index (χ0) is 19.5. The van der Waals surface area contributed by atoms with Crippen LogP contribution >= 0.6 is 23.5 Å². The number of nitrogens with two attached hydrogens (primary N) is 1. The maximum absolute atomic E-state index is 10.4. The Labute approximate surface area is 167 Å². The van der Waals surface area contributed by atoms with Gasteiger partial charge in [-0.3, -0.25) is 4.79 Å². The molecule has 0 saturated carbocycles. The van der Waals surface area contributed by atoms with Gasteiger partial charge in [-0.15, -0.1) is 5.48 Å². The number of hydrogen-bond acceptors (Lipinski definition) is 5. The van der Waals surface area contributed by atoms with Crippen LogP contribution in [0.15, 0.2) is 70.0 Å². The number of nitrogens with one attached hydrogen (secondary N) is 2. The molecule has 0 bridgehead atoms. The quantitative estimate of drug-likeness (QED) is 0.308. The van der Waals surface area contributed by atoms with Crippen LogP contribution in [0.25, 0.3) is 0 Å². The van der Waals surface area contributed by atoms with Crippen LogP contribution in [0.5, 0.6) is 0 Å². The van der Waals surface area contributed by atoms with Crippen molar-refractivity contribution in [2.45, 2.75) is 11.8 Å². The Morgan fingerprint density at radius 3 is 2.63 bits per heavy atom. The molecule has 0 atom stereocenters. The summed E-state index contributed by atoms with van der Waals surface area (Å²) in [6.07, 6.45) is 0.658. The number of aryl methyl sites for hydroxylation is 1. The fraction of sp³-hybridized carbons (Fsp3) is 0.105. The normalized spacial score (nSPS) is 9.89. The van der Waals surface area contributed by atoms with Crippen LogP contribution < -0.4 is 15.5 Å². The minimum absolute atomic E-state index is 0.658. The Balaban J connectivity index is 0.000000244. The number of furan rings is 1. The number of carbonyl (C=O) groups excluding carboxylic acids is 1. The molecule has 1 aromatic heterocycles. The number of para-hydroxylation sites is 1. The van der Waals surface area contributed by atoms with Gasteiger partial charge in [-0.05, 0) is 55.3 Å². The first-order valence-electron chi connectivity index (χ1n) is 8.02. The standard InChI is InChI=1S/C13H11ClN2OS.C6H9NO2/c14-12-6-1-2-7-13(12)16-18-11-5-3-4-10(8-11)15-9-17;1-5-3-4-6(9-5)7-8-2/h1-9,16H,(H,15,17);3-4,7H,1-2H3/p+1. The number of halogens is 1. The summed E-state index contributed by atoms with van der Waals surface area (Å²) in [5, 5.41) is 3.28. The fourth-order valence-electron chi connectivity index (χ4n) is 2.01. The smallest absolute Gasteiger partial charge is 0.326 e. The molecule has 1 heterocycles. The van der Waals surface area contributed by atoms with Crippen LogP contribution in [0.1, 0.15) is 5.76 Å². The first-order valence-corrected chi connectivity index (χ1v) is 9.22. The number of carbonyl (C=O) groups is 1. The van der Waals surface area contributed by atoms with Gasteiger partial charge in [-0.2, -0.15) is 0 Å². The van der Waals surface area contributed by atoms with Crippen LogP contribution in [-0.4, -0.2) is 13.5 Å². The SMILES string of the molecule is CO[NH2+]c1ccc(C)o1.O=CNc1cccc(SNc2ccccc2Cl)c1. The van der Waals surface area contributed by atoms with Crippen LogP contribution in [0.4, 0.5) is 17.3 Å². The molecular formula is C19H21ClN3O3S+. The molecule has 0 radical (unpaired) electrons. The van der Waals surface area contributed by atoms with Crippen molar-refractivity contribution in [2.24, 2.45) is 0 Å². The fourth-order valence-corrected chi connectivity index (χ4v) is 2.99. The van der Waals surface area contributed by atoms with E-state index in [1.165, 1.54) is 11.9 Å². The lowest BCUT2D eigenvalue weighted by Crippen LogP contribution is -2.75. The molecule has 0 aliphatic heterocycles. The summed E-state index contributed by atoms with van der Waals surface area (Å²) in [7, 11) is 1.60. The van der Waals surface area contributed by atoms with E-state index in [0.29, 0.717) is 11.4 Å². The maximum atomic E-state index is 10.4. The van der Waals surface area contributed by atoms with Crippen LogP contribution in [0, 0.1) is 6.92 Å². The second-order valence-electron chi connectivity index (χ2n) is 5.28. The van der Waals surface area contributed by atoms with Gasteiger partial charge < -0.3 is 14.5 Å². The molecule has 3 rings (SSSR count). The van der Waals surface area contributed by atoms with Gasteiger partial charge in [-0.25, -0.2) is 4.84 Å². The minimum Gasteiger partial charge on any atom is -0.416 e. The molecule has 0 spiro atoms. The summed E-state index contributed by atoms with van der Waals surface area (Å²) in [6, 6.07) is 18.8. The van der Waals surface area contributed by atoms with Gasteiger partial charge in [0.25, 0.3) is 0 Å². The molecule has 142 valence electrons. The maximum Gasteiger partial charge on any atom is 0.326 e. The van der Waals surface area contributed by atoms with E-state index in [-0.39, 0.29) is 0 Å². The van der Waals surface area contributed by atoms with E-state index >= 15 is 0 Å². The summed E-state index contributed by atoms with van der Waals surface area (Å²) in [4.78, 5) is 16.1. The molecule has 0 fully saturated rings. The highest BCUT2D eigenvalue weighted by molar-refractivity contribution is 8.00. The predicted octanol–water partition coefficient (Wildman–Crippen LogP) is 4.37. The molecular weight excluding hydrogens is 386 g/mol. The van der Waals surface area contributed by atoms with E-state index in [0.717, 1.165) is 27.9 Å². The summed E-state index contributed by atoms with van der Waals surface area (Å²) >= 11 is 7.47. The molecule has 4 N–H and O–H groups in total. The number of rotatable bonds is 7. The third-order valence-electron chi connectivity index (χ3n) is 3.21. The van der Waals surface area contributed by atoms with Gasteiger partial charge in [-0.1, -0.05) is 29.8 Å². The van der Waals surface area contributed by atoms with E-state index in [1.54, 1.807) is 12.6 Å². The zero-order valence-corrected chi connectivity index (χ0v) is 16.5. The molecule has 0 unspecified atom stereocenters. The third-order valence-corrected chi connectivity index (χ3v) is 4.35. The first kappa shape index (κ1) is 20.9. The highest BCUT2D eigenvalue weighted by Crippen LogP contribution is 2.27. The summed E-state index contributed by atoms with van der Waals surface area (Å²) in [5.74, 6) is 1.66. The van der Waals surface area contributed by atoms with E-state index in [1.807, 2.05) is 67.6 Å². The van der Waals surface area contributed by atoms with Crippen molar-refractivity contribution in [1.29, 1.82) is 0 Å². The van der Waals surface area contributed by atoms with Crippen LogP contribution in [0.2, 0.25) is 5.02 Å². The van der Waals surface area contributed by atoms with Crippen molar-refractivity contribution < 1.29 is 19.5 Å². The Morgan fingerprint density at radius 2 is 1.96 bits per heavy atom. The highest BCUT2D eigenvalue weighted by atomic mass is 35.5. The van der Waals surface area contributed by atoms with Crippen LogP contribution in [-0.2, 0) is 9.63 Å². The Bertz CT molecular complexity index is 857. The van der Waals surface area contributed by atoms with Gasteiger partial charge in [0.15, 0.2) is 0 Å². The second kappa shape index (κ2) is 11.3. The number of benzene rings is 2. The lowest BCUT2D eigenvalue weighted by atomic mass is 10.3. The van der Waals surface area contributed by atoms with Gasteiger partial charge in [0.05, 0.1) is 17.8 Å². The number of hydrogen-bond donors (Lipinski definition) is 3. The van der Waals surface area contributed by atoms with E-state index in [9.17, 15) is 4.79 Å². The van der Waals surface area contributed by atoms with E-state index in [4.69, 9.17) is 20.9 Å². The number of amides is 1. The Hall–Kier alpha value is -2.45. The number of quaternary nitrogens is 1. The third kappa shape index (κ3) is 7.36. The lowest BCUT2D eigenvalue weighted by molar-refractivity contribution is -0.837. The molecule has 8 heteroatoms. The predicted molar refractivity (Wildman–Crippen MR) is 109 cm³/mol. The minimum atomic E-state index is 0.658. The van der Waals surface area contributed by atoms with Crippen molar-refractivity contribution in [3.63, 3.8) is 0 Å². The zero-order valence-electron chi connectivity index (χ0n) is 14.9. The molecule has 0 aliphatic rings. The van der Waals surface area contributed by atoms with Crippen molar-refractivity contribution in [1.82, 2.24) is 0 Å². The first-order chi connectivity index (χ1) is 13.1. The molecule has 2 aromatic carbocycles.